The lowest BCUT2D eigenvalue weighted by Gasteiger charge is -2.57. The van der Waals surface area contributed by atoms with E-state index in [-0.39, 0.29) is 17.9 Å². The second-order valence-electron chi connectivity index (χ2n) is 7.96. The largest absolute Gasteiger partial charge is 0.586 e. The summed E-state index contributed by atoms with van der Waals surface area (Å²) >= 11 is 0. The Balaban J connectivity index is 1.48. The summed E-state index contributed by atoms with van der Waals surface area (Å²) in [5.74, 6) is -2.31. The van der Waals surface area contributed by atoms with Crippen LogP contribution in [0.3, 0.4) is 0 Å². The molecule has 1 aromatic heterocycles. The SMILES string of the molecule is C[C@@H](NC(=O)N1[C@H](C(=O)O)[C@@H](Cc2cccnc2)C1(C)O)c1ccc2c(c1)OC(F)(F)O2. The standard InChI is InChI=1S/C21H21F2N3O6/c1-11(13-5-6-15-16(9-13)32-21(22,23)31-15)25-19(29)26-17(18(27)28)14(20(26,2)30)8-12-4-3-7-24-10-12/h3-7,9-11,14,17,30H,8H2,1-2H3,(H,25,29)(H,27,28)/t11-,14-,17+,20?/m1/s1. The number of aliphatic carboxylic acids is 1. The van der Waals surface area contributed by atoms with Crippen LogP contribution in [0.15, 0.2) is 42.7 Å². The topological polar surface area (TPSA) is 121 Å². The average molecular weight is 449 g/mol. The molecule has 2 aromatic rings. The number of fused-ring (bicyclic) bond motifs is 1. The van der Waals surface area contributed by atoms with Crippen LogP contribution in [-0.4, -0.2) is 50.2 Å². The molecule has 2 aliphatic rings. The van der Waals surface area contributed by atoms with E-state index in [9.17, 15) is 28.6 Å². The van der Waals surface area contributed by atoms with Crippen LogP contribution < -0.4 is 14.8 Å². The van der Waals surface area contributed by atoms with Gasteiger partial charge in [0.05, 0.1) is 6.04 Å². The van der Waals surface area contributed by atoms with Gasteiger partial charge < -0.3 is 25.0 Å². The van der Waals surface area contributed by atoms with Crippen LogP contribution >= 0.6 is 0 Å². The molecule has 2 amide bonds. The van der Waals surface area contributed by atoms with E-state index in [1.54, 1.807) is 31.5 Å². The third-order valence-electron chi connectivity index (χ3n) is 5.76. The van der Waals surface area contributed by atoms with Crippen LogP contribution in [0, 0.1) is 5.92 Å². The number of carbonyl (C=O) groups is 2. The second kappa shape index (κ2) is 7.59. The van der Waals surface area contributed by atoms with Crippen LogP contribution in [-0.2, 0) is 11.2 Å². The number of benzene rings is 1. The first kappa shape index (κ1) is 21.8. The predicted molar refractivity (Wildman–Crippen MR) is 105 cm³/mol. The van der Waals surface area contributed by atoms with Gasteiger partial charge in [-0.15, -0.1) is 8.78 Å². The van der Waals surface area contributed by atoms with E-state index < -0.39 is 42.0 Å². The van der Waals surface area contributed by atoms with Gasteiger partial charge in [0.25, 0.3) is 0 Å². The number of rotatable bonds is 5. The smallest absolute Gasteiger partial charge is 0.480 e. The Hall–Kier alpha value is -3.47. The maximum absolute atomic E-state index is 13.2. The second-order valence-corrected chi connectivity index (χ2v) is 7.96. The molecule has 1 unspecified atom stereocenters. The van der Waals surface area contributed by atoms with Crippen molar-refractivity contribution in [3.63, 3.8) is 0 Å². The molecule has 32 heavy (non-hydrogen) atoms. The Morgan fingerprint density at radius 1 is 1.28 bits per heavy atom. The average Bonchev–Trinajstić information content (AvgIpc) is 3.03. The van der Waals surface area contributed by atoms with Crippen LogP contribution in [0.25, 0.3) is 0 Å². The molecule has 11 heteroatoms. The molecule has 4 rings (SSSR count). The van der Waals surface area contributed by atoms with Crippen molar-refractivity contribution in [2.45, 2.75) is 44.4 Å². The van der Waals surface area contributed by atoms with Crippen molar-refractivity contribution in [3.05, 3.63) is 53.9 Å². The lowest BCUT2D eigenvalue weighted by Crippen LogP contribution is -2.77. The number of nitrogens with zero attached hydrogens (tertiary/aromatic N) is 2. The number of carboxylic acids is 1. The molecule has 4 atom stereocenters. The summed E-state index contributed by atoms with van der Waals surface area (Å²) in [4.78, 5) is 29.6. The number of hydrogen-bond acceptors (Lipinski definition) is 6. The van der Waals surface area contributed by atoms with Gasteiger partial charge in [-0.2, -0.15) is 0 Å². The summed E-state index contributed by atoms with van der Waals surface area (Å²) < 4.78 is 35.2. The van der Waals surface area contributed by atoms with Gasteiger partial charge in [0.1, 0.15) is 11.8 Å². The summed E-state index contributed by atoms with van der Waals surface area (Å²) in [5, 5.41) is 23.2. The molecular weight excluding hydrogens is 428 g/mol. The summed E-state index contributed by atoms with van der Waals surface area (Å²) in [6, 6.07) is 4.76. The van der Waals surface area contributed by atoms with Gasteiger partial charge in [-0.3, -0.25) is 9.88 Å². The number of amides is 2. The van der Waals surface area contributed by atoms with Crippen molar-refractivity contribution in [1.82, 2.24) is 15.2 Å². The molecule has 3 heterocycles. The molecule has 3 N–H and O–H groups in total. The number of alkyl halides is 2. The highest BCUT2D eigenvalue weighted by molar-refractivity contribution is 5.86. The highest BCUT2D eigenvalue weighted by Gasteiger charge is 2.62. The van der Waals surface area contributed by atoms with Gasteiger partial charge in [0.15, 0.2) is 11.5 Å². The lowest BCUT2D eigenvalue weighted by molar-refractivity contribution is -0.286. The Labute approximate surface area is 181 Å². The number of pyridine rings is 1. The van der Waals surface area contributed by atoms with Gasteiger partial charge in [0.2, 0.25) is 0 Å². The maximum Gasteiger partial charge on any atom is 0.586 e. The highest BCUT2D eigenvalue weighted by atomic mass is 19.3. The third-order valence-corrected chi connectivity index (χ3v) is 5.76. The van der Waals surface area contributed by atoms with Crippen LogP contribution in [0.5, 0.6) is 11.5 Å². The predicted octanol–water partition coefficient (Wildman–Crippen LogP) is 2.51. The fraction of sp³-hybridized carbons (Fsp3) is 0.381. The number of carbonyl (C=O) groups excluding carboxylic acids is 1. The normalized spacial score (nSPS) is 26.2. The zero-order valence-electron chi connectivity index (χ0n) is 17.2. The zero-order valence-corrected chi connectivity index (χ0v) is 17.2. The van der Waals surface area contributed by atoms with Crippen LogP contribution in [0.4, 0.5) is 13.6 Å². The minimum absolute atomic E-state index is 0.132. The molecule has 170 valence electrons. The highest BCUT2D eigenvalue weighted by Crippen LogP contribution is 2.44. The van der Waals surface area contributed by atoms with Crippen molar-refractivity contribution in [3.8, 4) is 11.5 Å². The van der Waals surface area contributed by atoms with E-state index in [0.29, 0.717) is 5.56 Å². The molecular formula is C21H21F2N3O6. The quantitative estimate of drug-likeness (QED) is 0.641. The van der Waals surface area contributed by atoms with Crippen molar-refractivity contribution in [1.29, 1.82) is 0 Å². The van der Waals surface area contributed by atoms with E-state index in [4.69, 9.17) is 0 Å². The molecule has 0 spiro atoms. The molecule has 0 saturated carbocycles. The molecule has 0 aliphatic carbocycles. The summed E-state index contributed by atoms with van der Waals surface area (Å²) in [7, 11) is 0. The Morgan fingerprint density at radius 3 is 2.66 bits per heavy atom. The third kappa shape index (κ3) is 3.79. The van der Waals surface area contributed by atoms with Crippen molar-refractivity contribution >= 4 is 12.0 Å². The fourth-order valence-corrected chi connectivity index (χ4v) is 4.12. The lowest BCUT2D eigenvalue weighted by atomic mass is 9.74. The molecule has 0 radical (unpaired) electrons. The van der Waals surface area contributed by atoms with E-state index in [2.05, 4.69) is 19.8 Å². The first-order valence-corrected chi connectivity index (χ1v) is 9.83. The van der Waals surface area contributed by atoms with Crippen molar-refractivity contribution in [2.24, 2.45) is 5.92 Å². The van der Waals surface area contributed by atoms with Gasteiger partial charge in [-0.25, -0.2) is 9.59 Å². The van der Waals surface area contributed by atoms with E-state index in [1.807, 2.05) is 0 Å². The number of nitrogens with one attached hydrogen (secondary N) is 1. The summed E-state index contributed by atoms with van der Waals surface area (Å²) in [6.07, 6.45) is -0.395. The Morgan fingerprint density at radius 2 is 2.00 bits per heavy atom. The molecule has 9 nitrogen and oxygen atoms in total. The number of hydrogen-bond donors (Lipinski definition) is 3. The number of ether oxygens (including phenoxy) is 2. The van der Waals surface area contributed by atoms with Gasteiger partial charge >= 0.3 is 18.3 Å². The Bertz CT molecular complexity index is 1050. The van der Waals surface area contributed by atoms with Gasteiger partial charge in [-0.1, -0.05) is 12.1 Å². The molecule has 1 fully saturated rings. The number of aliphatic hydroxyl groups is 1. The first-order valence-electron chi connectivity index (χ1n) is 9.83. The van der Waals surface area contributed by atoms with E-state index in [1.165, 1.54) is 25.1 Å². The Kier molecular flexibility index (Phi) is 5.16. The van der Waals surface area contributed by atoms with Gasteiger partial charge in [-0.05, 0) is 49.6 Å². The maximum atomic E-state index is 13.2. The number of carboxylic acid groups (broad SMARTS) is 1. The van der Waals surface area contributed by atoms with E-state index >= 15 is 0 Å². The first-order chi connectivity index (χ1) is 15.0. The monoisotopic (exact) mass is 449 g/mol. The molecule has 0 bridgehead atoms. The minimum Gasteiger partial charge on any atom is -0.480 e. The van der Waals surface area contributed by atoms with Gasteiger partial charge in [0, 0.05) is 18.3 Å². The van der Waals surface area contributed by atoms with Crippen molar-refractivity contribution in [2.75, 3.05) is 0 Å². The van der Waals surface area contributed by atoms with Crippen LogP contribution in [0.2, 0.25) is 0 Å². The molecule has 1 aromatic carbocycles. The minimum atomic E-state index is -3.76. The summed E-state index contributed by atoms with van der Waals surface area (Å²) in [6.45, 7) is 2.96. The van der Waals surface area contributed by atoms with Crippen molar-refractivity contribution < 1.29 is 38.1 Å². The zero-order chi connectivity index (χ0) is 23.3. The fourth-order valence-electron chi connectivity index (χ4n) is 4.12. The van der Waals surface area contributed by atoms with Crippen LogP contribution in [0.1, 0.15) is 31.0 Å². The molecule has 1 saturated heterocycles. The number of likely N-dealkylation sites (tertiary alicyclic amines) is 1. The molecule has 2 aliphatic heterocycles. The number of halogens is 2. The number of urea groups is 1. The number of aromatic nitrogens is 1. The van der Waals surface area contributed by atoms with E-state index in [0.717, 1.165) is 10.5 Å². The summed E-state index contributed by atoms with van der Waals surface area (Å²) in [5.41, 5.74) is -0.563.